The van der Waals surface area contributed by atoms with E-state index < -0.39 is 5.97 Å². The summed E-state index contributed by atoms with van der Waals surface area (Å²) in [5.74, 6) is -0.794. The van der Waals surface area contributed by atoms with Crippen molar-refractivity contribution in [3.63, 3.8) is 0 Å². The molecule has 2 N–H and O–H groups in total. The molecule has 0 bridgehead atoms. The average Bonchev–Trinajstić information content (AvgIpc) is 2.68. The van der Waals surface area contributed by atoms with Gasteiger partial charge in [0, 0.05) is 24.8 Å². The molecule has 0 aromatic heterocycles. The van der Waals surface area contributed by atoms with E-state index in [-0.39, 0.29) is 17.5 Å². The highest BCUT2D eigenvalue weighted by Crippen LogP contribution is 2.28. The quantitative estimate of drug-likeness (QED) is 0.861. The number of benzene rings is 2. The molecule has 1 fully saturated rings. The fraction of sp³-hybridized carbons (Fsp3) is 0.333. The van der Waals surface area contributed by atoms with E-state index in [2.05, 4.69) is 5.32 Å². The molecule has 1 heterocycles. The lowest BCUT2D eigenvalue weighted by Gasteiger charge is -2.28. The molecule has 0 spiro atoms. The Morgan fingerprint density at radius 3 is 2.15 bits per heavy atom. The highest BCUT2D eigenvalue weighted by molar-refractivity contribution is 6.04. The van der Waals surface area contributed by atoms with E-state index >= 15 is 0 Å². The first kappa shape index (κ1) is 18.1. The number of hydrogen-bond acceptors (Lipinski definition) is 3. The SMILES string of the molecule is CC(NC(=O)c1ccccc1-c1ccccc1C(=O)O)C1CCOCC1. The maximum Gasteiger partial charge on any atom is 0.336 e. The molecular formula is C21H23NO4. The number of ether oxygens (including phenoxy) is 1. The third-order valence-corrected chi connectivity index (χ3v) is 4.95. The maximum atomic E-state index is 12.9. The van der Waals surface area contributed by atoms with Gasteiger partial charge in [0.25, 0.3) is 5.91 Å². The van der Waals surface area contributed by atoms with Crippen LogP contribution in [0.3, 0.4) is 0 Å². The van der Waals surface area contributed by atoms with E-state index in [1.165, 1.54) is 0 Å². The first-order valence-electron chi connectivity index (χ1n) is 8.88. The molecule has 1 amide bonds. The molecule has 0 radical (unpaired) electrons. The van der Waals surface area contributed by atoms with Crippen molar-refractivity contribution in [1.82, 2.24) is 5.32 Å². The smallest absolute Gasteiger partial charge is 0.336 e. The van der Waals surface area contributed by atoms with Gasteiger partial charge in [0.05, 0.1) is 5.56 Å². The molecule has 1 aliphatic heterocycles. The molecule has 0 saturated carbocycles. The lowest BCUT2D eigenvalue weighted by molar-refractivity contribution is 0.0538. The summed E-state index contributed by atoms with van der Waals surface area (Å²) in [5.41, 5.74) is 1.84. The van der Waals surface area contributed by atoms with Crippen molar-refractivity contribution < 1.29 is 19.4 Å². The molecule has 3 rings (SSSR count). The van der Waals surface area contributed by atoms with Crippen LogP contribution in [0.15, 0.2) is 48.5 Å². The van der Waals surface area contributed by atoms with Gasteiger partial charge < -0.3 is 15.2 Å². The van der Waals surface area contributed by atoms with E-state index in [0.717, 1.165) is 26.1 Å². The van der Waals surface area contributed by atoms with Gasteiger partial charge in [-0.2, -0.15) is 0 Å². The molecule has 136 valence electrons. The minimum Gasteiger partial charge on any atom is -0.478 e. The summed E-state index contributed by atoms with van der Waals surface area (Å²) in [6, 6.07) is 13.9. The fourth-order valence-corrected chi connectivity index (χ4v) is 3.44. The number of hydrogen-bond donors (Lipinski definition) is 2. The Morgan fingerprint density at radius 2 is 1.54 bits per heavy atom. The first-order chi connectivity index (χ1) is 12.6. The highest BCUT2D eigenvalue weighted by atomic mass is 16.5. The van der Waals surface area contributed by atoms with Gasteiger partial charge in [0.1, 0.15) is 0 Å². The van der Waals surface area contributed by atoms with Crippen molar-refractivity contribution in [2.24, 2.45) is 5.92 Å². The van der Waals surface area contributed by atoms with Crippen LogP contribution in [0, 0.1) is 5.92 Å². The largest absolute Gasteiger partial charge is 0.478 e. The lowest BCUT2D eigenvalue weighted by Crippen LogP contribution is -2.40. The molecular weight excluding hydrogens is 330 g/mol. The predicted molar refractivity (Wildman–Crippen MR) is 99.3 cm³/mol. The Morgan fingerprint density at radius 1 is 1.00 bits per heavy atom. The maximum absolute atomic E-state index is 12.9. The third-order valence-electron chi connectivity index (χ3n) is 4.95. The Bertz CT molecular complexity index is 796. The minimum absolute atomic E-state index is 0.0363. The van der Waals surface area contributed by atoms with Crippen LogP contribution >= 0.6 is 0 Å². The van der Waals surface area contributed by atoms with Crippen LogP contribution in [0.25, 0.3) is 11.1 Å². The first-order valence-corrected chi connectivity index (χ1v) is 8.88. The van der Waals surface area contributed by atoms with Crippen molar-refractivity contribution in [3.8, 4) is 11.1 Å². The number of carboxylic acid groups (broad SMARTS) is 1. The highest BCUT2D eigenvalue weighted by Gasteiger charge is 2.24. The zero-order valence-electron chi connectivity index (χ0n) is 14.8. The van der Waals surface area contributed by atoms with Crippen molar-refractivity contribution >= 4 is 11.9 Å². The summed E-state index contributed by atoms with van der Waals surface area (Å²) in [4.78, 5) is 24.4. The van der Waals surface area contributed by atoms with E-state index in [1.807, 2.05) is 13.0 Å². The van der Waals surface area contributed by atoms with Gasteiger partial charge in [-0.3, -0.25) is 4.79 Å². The molecule has 1 unspecified atom stereocenters. The number of nitrogens with one attached hydrogen (secondary N) is 1. The van der Waals surface area contributed by atoms with Gasteiger partial charge in [0.15, 0.2) is 0 Å². The van der Waals surface area contributed by atoms with Crippen LogP contribution in [-0.2, 0) is 4.74 Å². The minimum atomic E-state index is -1.01. The van der Waals surface area contributed by atoms with Crippen LogP contribution in [0.4, 0.5) is 0 Å². The summed E-state index contributed by atoms with van der Waals surface area (Å²) >= 11 is 0. The Labute approximate surface area is 153 Å². The van der Waals surface area contributed by atoms with Gasteiger partial charge in [-0.15, -0.1) is 0 Å². The van der Waals surface area contributed by atoms with Gasteiger partial charge in [0.2, 0.25) is 0 Å². The second-order valence-electron chi connectivity index (χ2n) is 6.61. The van der Waals surface area contributed by atoms with Gasteiger partial charge in [-0.1, -0.05) is 36.4 Å². The number of amides is 1. The zero-order valence-corrected chi connectivity index (χ0v) is 14.8. The second kappa shape index (κ2) is 8.15. The summed E-state index contributed by atoms with van der Waals surface area (Å²) < 4.78 is 5.38. The monoisotopic (exact) mass is 353 g/mol. The Balaban J connectivity index is 1.87. The molecule has 1 aliphatic rings. The Kier molecular flexibility index (Phi) is 5.68. The van der Waals surface area contributed by atoms with Crippen LogP contribution in [-0.4, -0.2) is 36.2 Å². The molecule has 1 atom stereocenters. The van der Waals surface area contributed by atoms with E-state index in [4.69, 9.17) is 4.74 Å². The van der Waals surface area contributed by atoms with Crippen LogP contribution in [0.2, 0.25) is 0 Å². The predicted octanol–water partition coefficient (Wildman–Crippen LogP) is 3.60. The summed E-state index contributed by atoms with van der Waals surface area (Å²) in [5, 5.41) is 12.5. The van der Waals surface area contributed by atoms with Crippen molar-refractivity contribution in [3.05, 3.63) is 59.7 Å². The number of carbonyl (C=O) groups is 2. The second-order valence-corrected chi connectivity index (χ2v) is 6.61. The topological polar surface area (TPSA) is 75.6 Å². The van der Waals surface area contributed by atoms with E-state index in [0.29, 0.717) is 22.6 Å². The van der Waals surface area contributed by atoms with Crippen molar-refractivity contribution in [2.45, 2.75) is 25.8 Å². The molecule has 5 heteroatoms. The van der Waals surface area contributed by atoms with Crippen molar-refractivity contribution in [2.75, 3.05) is 13.2 Å². The van der Waals surface area contributed by atoms with Gasteiger partial charge in [-0.25, -0.2) is 4.79 Å². The van der Waals surface area contributed by atoms with E-state index in [9.17, 15) is 14.7 Å². The molecule has 1 saturated heterocycles. The molecule has 0 aliphatic carbocycles. The number of carbonyl (C=O) groups excluding carboxylic acids is 1. The molecule has 26 heavy (non-hydrogen) atoms. The molecule has 2 aromatic rings. The van der Waals surface area contributed by atoms with Crippen LogP contribution in [0.1, 0.15) is 40.5 Å². The third kappa shape index (κ3) is 3.94. The standard InChI is InChI=1S/C21H23NO4/c1-14(15-10-12-26-13-11-15)22-20(23)18-8-4-2-6-16(18)17-7-3-5-9-19(17)21(24)25/h2-9,14-15H,10-13H2,1H3,(H,22,23)(H,24,25). The Hall–Kier alpha value is -2.66. The summed E-state index contributed by atoms with van der Waals surface area (Å²) in [6.07, 6.45) is 1.87. The van der Waals surface area contributed by atoms with E-state index in [1.54, 1.807) is 42.5 Å². The number of carboxylic acids is 1. The normalized spacial score (nSPS) is 16.0. The fourth-order valence-electron chi connectivity index (χ4n) is 3.44. The summed E-state index contributed by atoms with van der Waals surface area (Å²) in [7, 11) is 0. The van der Waals surface area contributed by atoms with Gasteiger partial charge >= 0.3 is 5.97 Å². The molecule has 2 aromatic carbocycles. The molecule has 5 nitrogen and oxygen atoms in total. The average molecular weight is 353 g/mol. The van der Waals surface area contributed by atoms with Crippen molar-refractivity contribution in [1.29, 1.82) is 0 Å². The summed E-state index contributed by atoms with van der Waals surface area (Å²) in [6.45, 7) is 3.47. The van der Waals surface area contributed by atoms with Gasteiger partial charge in [-0.05, 0) is 48.9 Å². The number of rotatable bonds is 5. The van der Waals surface area contributed by atoms with Crippen LogP contribution in [0.5, 0.6) is 0 Å². The van der Waals surface area contributed by atoms with Crippen LogP contribution < -0.4 is 5.32 Å². The lowest BCUT2D eigenvalue weighted by atomic mass is 9.91. The zero-order chi connectivity index (χ0) is 18.5. The number of aromatic carboxylic acids is 1.